The molecular formula is C23H31N5. The van der Waals surface area contributed by atoms with Gasteiger partial charge in [0.2, 0.25) is 0 Å². The molecule has 2 N–H and O–H groups in total. The number of rotatable bonds is 6. The van der Waals surface area contributed by atoms with Gasteiger partial charge in [-0.05, 0) is 37.1 Å². The lowest BCUT2D eigenvalue weighted by atomic mass is 10.0. The quantitative estimate of drug-likeness (QED) is 0.790. The lowest BCUT2D eigenvalue weighted by Gasteiger charge is -2.30. The monoisotopic (exact) mass is 377 g/mol. The molecule has 0 atom stereocenters. The fraction of sp³-hybridized carbons (Fsp3) is 0.348. The van der Waals surface area contributed by atoms with Crippen molar-refractivity contribution in [1.82, 2.24) is 9.88 Å². The van der Waals surface area contributed by atoms with E-state index in [1.54, 1.807) is 0 Å². The third-order valence-corrected chi connectivity index (χ3v) is 4.95. The molecule has 0 saturated carbocycles. The number of aliphatic imine (C=N–C) groups is 1. The van der Waals surface area contributed by atoms with Crippen LogP contribution in [0, 0.1) is 0 Å². The van der Waals surface area contributed by atoms with Gasteiger partial charge in [0, 0.05) is 52.2 Å². The first-order valence-corrected chi connectivity index (χ1v) is 9.92. The molecule has 0 bridgehead atoms. The molecule has 2 heterocycles. The molecule has 0 amide bonds. The van der Waals surface area contributed by atoms with Gasteiger partial charge in [0.05, 0.1) is 22.8 Å². The Morgan fingerprint density at radius 2 is 2.00 bits per heavy atom. The molecule has 1 aromatic heterocycles. The van der Waals surface area contributed by atoms with Gasteiger partial charge in [-0.2, -0.15) is 0 Å². The molecule has 5 heteroatoms. The normalized spacial score (nSPS) is 19.2. The fourth-order valence-electron chi connectivity index (χ4n) is 3.53. The average molecular weight is 378 g/mol. The maximum Gasteiger partial charge on any atom is 0.0858 e. The number of hydrogen-bond donors (Lipinski definition) is 2. The van der Waals surface area contributed by atoms with Gasteiger partial charge in [-0.25, -0.2) is 0 Å². The predicted molar refractivity (Wildman–Crippen MR) is 122 cm³/mol. The summed E-state index contributed by atoms with van der Waals surface area (Å²) in [6.45, 7) is 12.9. The van der Waals surface area contributed by atoms with Crippen LogP contribution in [0.2, 0.25) is 0 Å². The second-order valence-electron chi connectivity index (χ2n) is 7.05. The molecule has 1 aromatic rings. The Balaban J connectivity index is 1.83. The number of aryl methyl sites for hydroxylation is 1. The summed E-state index contributed by atoms with van der Waals surface area (Å²) < 4.78 is 2.20. The van der Waals surface area contributed by atoms with Crippen molar-refractivity contribution in [1.29, 1.82) is 0 Å². The highest BCUT2D eigenvalue weighted by atomic mass is 15.2. The van der Waals surface area contributed by atoms with Crippen LogP contribution in [-0.2, 0) is 7.05 Å². The molecule has 3 rings (SSSR count). The van der Waals surface area contributed by atoms with Crippen molar-refractivity contribution in [2.75, 3.05) is 42.9 Å². The molecule has 1 fully saturated rings. The van der Waals surface area contributed by atoms with Crippen LogP contribution >= 0.6 is 0 Å². The molecule has 2 aliphatic rings. The summed E-state index contributed by atoms with van der Waals surface area (Å²) in [7, 11) is 2.11. The molecule has 0 aromatic carbocycles. The number of nitrogens with one attached hydrogen (secondary N) is 2. The average Bonchev–Trinajstić information content (AvgIpc) is 3.02. The number of anilines is 2. The Labute approximate surface area is 168 Å². The number of nitrogens with zero attached hydrogens (tertiary/aromatic N) is 3. The summed E-state index contributed by atoms with van der Waals surface area (Å²) >= 11 is 0. The topological polar surface area (TPSA) is 44.6 Å². The first kappa shape index (κ1) is 20.0. The van der Waals surface area contributed by atoms with E-state index in [9.17, 15) is 0 Å². The van der Waals surface area contributed by atoms with Crippen LogP contribution < -0.4 is 15.5 Å². The molecule has 148 valence electrons. The van der Waals surface area contributed by atoms with E-state index >= 15 is 0 Å². The fourth-order valence-corrected chi connectivity index (χ4v) is 3.53. The highest BCUT2D eigenvalue weighted by Gasteiger charge is 2.20. The highest BCUT2D eigenvalue weighted by Crippen LogP contribution is 2.33. The van der Waals surface area contributed by atoms with Crippen molar-refractivity contribution in [3.05, 3.63) is 66.2 Å². The molecular weight excluding hydrogens is 346 g/mol. The van der Waals surface area contributed by atoms with Crippen LogP contribution in [0.3, 0.4) is 0 Å². The lowest BCUT2D eigenvalue weighted by Crippen LogP contribution is -2.44. The summed E-state index contributed by atoms with van der Waals surface area (Å²) in [4.78, 5) is 6.95. The van der Waals surface area contributed by atoms with Crippen LogP contribution in [0.5, 0.6) is 0 Å². The number of allylic oxidation sites excluding steroid dienone is 5. The van der Waals surface area contributed by atoms with E-state index in [4.69, 9.17) is 0 Å². The van der Waals surface area contributed by atoms with E-state index in [1.165, 1.54) is 22.6 Å². The van der Waals surface area contributed by atoms with Crippen LogP contribution in [0.15, 0.2) is 65.5 Å². The van der Waals surface area contributed by atoms with Crippen molar-refractivity contribution in [3.8, 4) is 0 Å². The van der Waals surface area contributed by atoms with Gasteiger partial charge in [0.25, 0.3) is 0 Å². The summed E-state index contributed by atoms with van der Waals surface area (Å²) in [5, 5.41) is 7.09. The van der Waals surface area contributed by atoms with Gasteiger partial charge in [0.1, 0.15) is 0 Å². The van der Waals surface area contributed by atoms with Crippen molar-refractivity contribution in [3.63, 3.8) is 0 Å². The first-order valence-electron chi connectivity index (χ1n) is 9.92. The Hall–Kier alpha value is -2.79. The molecule has 5 nitrogen and oxygen atoms in total. The minimum atomic E-state index is 0.747. The molecule has 28 heavy (non-hydrogen) atoms. The minimum Gasteiger partial charge on any atom is -0.378 e. The number of piperazine rings is 1. The van der Waals surface area contributed by atoms with Crippen LogP contribution in [0.25, 0.3) is 6.08 Å². The maximum absolute atomic E-state index is 4.47. The van der Waals surface area contributed by atoms with E-state index in [1.807, 2.05) is 25.3 Å². The van der Waals surface area contributed by atoms with Gasteiger partial charge in [-0.15, -0.1) is 0 Å². The summed E-state index contributed by atoms with van der Waals surface area (Å²) in [5.41, 5.74) is 6.75. The summed E-state index contributed by atoms with van der Waals surface area (Å²) in [5.74, 6) is 0. The highest BCUT2D eigenvalue weighted by molar-refractivity contribution is 6.12. The second-order valence-corrected chi connectivity index (χ2v) is 7.05. The van der Waals surface area contributed by atoms with Crippen LogP contribution in [-0.4, -0.2) is 43.0 Å². The second kappa shape index (κ2) is 9.42. The van der Waals surface area contributed by atoms with Crippen molar-refractivity contribution >= 4 is 23.2 Å². The molecule has 0 spiro atoms. The Kier molecular flexibility index (Phi) is 6.71. The zero-order valence-corrected chi connectivity index (χ0v) is 17.2. The standard InChI is InChI=1S/C23H31N5/c1-5-7-22-23(28-13-11-24-12-14-28)21(17-27(22)4)26-16-19-9-8-18(3)20(15-19)25-10-6-2/h5-10,15,17,24,26H,3,11-14,16H2,1-2,4H3/b7-5-,10-6-,25-20?. The first-order chi connectivity index (χ1) is 13.6. The molecule has 0 radical (unpaired) electrons. The zero-order chi connectivity index (χ0) is 19.9. The Morgan fingerprint density at radius 1 is 1.21 bits per heavy atom. The van der Waals surface area contributed by atoms with Gasteiger partial charge < -0.3 is 20.1 Å². The molecule has 1 saturated heterocycles. The van der Waals surface area contributed by atoms with Gasteiger partial charge in [-0.3, -0.25) is 4.99 Å². The van der Waals surface area contributed by atoms with Crippen molar-refractivity contribution < 1.29 is 0 Å². The van der Waals surface area contributed by atoms with Crippen LogP contribution in [0.1, 0.15) is 19.5 Å². The maximum atomic E-state index is 4.47. The SMILES string of the molecule is C=C1C=CC(CNc2cn(C)c(/C=C\C)c2N2CCNCC2)=CC1=N/C=C\C. The van der Waals surface area contributed by atoms with Crippen molar-refractivity contribution in [2.45, 2.75) is 13.8 Å². The summed E-state index contributed by atoms with van der Waals surface area (Å²) in [6, 6.07) is 0. The molecule has 1 aliphatic carbocycles. The lowest BCUT2D eigenvalue weighted by molar-refractivity contribution is 0.589. The van der Waals surface area contributed by atoms with E-state index < -0.39 is 0 Å². The minimum absolute atomic E-state index is 0.747. The van der Waals surface area contributed by atoms with E-state index in [-0.39, 0.29) is 0 Å². The van der Waals surface area contributed by atoms with Crippen molar-refractivity contribution in [2.24, 2.45) is 12.0 Å². The van der Waals surface area contributed by atoms with Crippen LogP contribution in [0.4, 0.5) is 11.4 Å². The van der Waals surface area contributed by atoms with Gasteiger partial charge in [0.15, 0.2) is 0 Å². The van der Waals surface area contributed by atoms with E-state index in [2.05, 4.69) is 76.1 Å². The van der Waals surface area contributed by atoms with Gasteiger partial charge >= 0.3 is 0 Å². The smallest absolute Gasteiger partial charge is 0.0858 e. The Morgan fingerprint density at radius 3 is 2.71 bits per heavy atom. The summed E-state index contributed by atoms with van der Waals surface area (Å²) in [6.07, 6.45) is 16.5. The third-order valence-electron chi connectivity index (χ3n) is 4.95. The largest absolute Gasteiger partial charge is 0.378 e. The number of aromatic nitrogens is 1. The predicted octanol–water partition coefficient (Wildman–Crippen LogP) is 3.91. The van der Waals surface area contributed by atoms with E-state index in [0.717, 1.165) is 44.0 Å². The zero-order valence-electron chi connectivity index (χ0n) is 17.2. The van der Waals surface area contributed by atoms with Gasteiger partial charge in [-0.1, -0.05) is 30.9 Å². The van der Waals surface area contributed by atoms with E-state index in [0.29, 0.717) is 0 Å². The third kappa shape index (κ3) is 4.54. The molecule has 0 unspecified atom stereocenters. The Bertz CT molecular complexity index is 858. The molecule has 1 aliphatic heterocycles. The number of hydrogen-bond acceptors (Lipinski definition) is 4.